The number of aryl methyl sites for hydroxylation is 1. The summed E-state index contributed by atoms with van der Waals surface area (Å²) in [7, 11) is -3.22. The highest BCUT2D eigenvalue weighted by atomic mass is 32.2. The van der Waals surface area contributed by atoms with Crippen molar-refractivity contribution in [2.75, 3.05) is 37.8 Å². The molecule has 1 aromatic carbocycles. The fourth-order valence-corrected chi connectivity index (χ4v) is 10.1. The summed E-state index contributed by atoms with van der Waals surface area (Å²) in [5.74, 6) is 0.588. The maximum absolute atomic E-state index is 13.0. The van der Waals surface area contributed by atoms with Crippen LogP contribution in [0.15, 0.2) is 30.6 Å². The highest BCUT2D eigenvalue weighted by Gasteiger charge is 2.44. The molecule has 15 heteroatoms. The van der Waals surface area contributed by atoms with E-state index in [1.807, 2.05) is 6.07 Å². The fourth-order valence-electron chi connectivity index (χ4n) is 8.20. The second-order valence-electron chi connectivity index (χ2n) is 13.9. The highest BCUT2D eigenvalue weighted by Crippen LogP contribution is 2.36. The van der Waals surface area contributed by atoms with E-state index in [9.17, 15) is 26.9 Å². The second-order valence-corrected chi connectivity index (χ2v) is 17.0. The van der Waals surface area contributed by atoms with Gasteiger partial charge in [-0.15, -0.1) is 11.3 Å². The van der Waals surface area contributed by atoms with E-state index >= 15 is 0 Å². The van der Waals surface area contributed by atoms with Crippen LogP contribution in [-0.4, -0.2) is 99.8 Å². The van der Waals surface area contributed by atoms with Crippen LogP contribution in [0.2, 0.25) is 0 Å². The minimum absolute atomic E-state index is 0.150. The average molecular weight is 715 g/mol. The van der Waals surface area contributed by atoms with Crippen molar-refractivity contribution in [2.45, 2.75) is 89.4 Å². The van der Waals surface area contributed by atoms with E-state index < -0.39 is 22.6 Å². The van der Waals surface area contributed by atoms with Crippen molar-refractivity contribution in [3.8, 4) is 6.07 Å². The number of anilines is 1. The third-order valence-electron chi connectivity index (χ3n) is 10.6. The number of nitriles is 1. The van der Waals surface area contributed by atoms with Crippen molar-refractivity contribution < 1.29 is 21.6 Å². The number of halogens is 3. The number of alkyl halides is 3. The summed E-state index contributed by atoms with van der Waals surface area (Å²) < 4.78 is 67.1. The van der Waals surface area contributed by atoms with Crippen molar-refractivity contribution >= 4 is 48.3 Å². The van der Waals surface area contributed by atoms with Crippen LogP contribution in [-0.2, 0) is 29.5 Å². The molecule has 3 saturated heterocycles. The van der Waals surface area contributed by atoms with Gasteiger partial charge in [-0.2, -0.15) is 22.7 Å². The molecule has 6 heterocycles. The third-order valence-corrected chi connectivity index (χ3v) is 12.9. The van der Waals surface area contributed by atoms with Gasteiger partial charge < -0.3 is 9.88 Å². The smallest absolute Gasteiger partial charge is 0.367 e. The third kappa shape index (κ3) is 7.03. The monoisotopic (exact) mass is 714 g/mol. The van der Waals surface area contributed by atoms with Crippen LogP contribution in [0.25, 0.3) is 21.1 Å². The van der Waals surface area contributed by atoms with Gasteiger partial charge in [-0.1, -0.05) is 6.07 Å². The lowest BCUT2D eigenvalue weighted by atomic mass is 10.0. The van der Waals surface area contributed by atoms with E-state index in [2.05, 4.69) is 61.7 Å². The normalized spacial score (nSPS) is 22.2. The predicted molar refractivity (Wildman–Crippen MR) is 185 cm³/mol. The number of hydrogen-bond donors (Lipinski definition) is 1. The first-order chi connectivity index (χ1) is 23.3. The molecule has 3 aliphatic rings. The van der Waals surface area contributed by atoms with E-state index in [4.69, 9.17) is 0 Å². The van der Waals surface area contributed by atoms with Crippen molar-refractivity contribution in [3.63, 3.8) is 0 Å². The van der Waals surface area contributed by atoms with Crippen molar-refractivity contribution in [1.82, 2.24) is 28.6 Å². The molecule has 7 rings (SSSR count). The van der Waals surface area contributed by atoms with Crippen LogP contribution in [0.1, 0.15) is 54.3 Å². The number of benzene rings is 1. The molecule has 0 radical (unpaired) electrons. The van der Waals surface area contributed by atoms with E-state index in [-0.39, 0.29) is 29.0 Å². The molecule has 3 atom stereocenters. The number of aromatic nitrogens is 3. The minimum Gasteiger partial charge on any atom is -0.367 e. The molecule has 49 heavy (non-hydrogen) atoms. The lowest BCUT2D eigenvalue weighted by molar-refractivity contribution is -0.126. The topological polar surface area (TPSA) is 110 Å². The number of likely N-dealkylation sites (tertiary alicyclic amines) is 1. The lowest BCUT2D eigenvalue weighted by Gasteiger charge is -2.43. The number of nitrogens with one attached hydrogen (secondary N) is 1. The summed E-state index contributed by atoms with van der Waals surface area (Å²) in [6.45, 7) is 8.54. The lowest BCUT2D eigenvalue weighted by Crippen LogP contribution is -2.58. The molecular weight excluding hydrogens is 674 g/mol. The fraction of sp³-hybridized carbons (Fsp3) is 0.559. The first-order valence-corrected chi connectivity index (χ1v) is 19.5. The van der Waals surface area contributed by atoms with Gasteiger partial charge in [0.1, 0.15) is 28.7 Å². The summed E-state index contributed by atoms with van der Waals surface area (Å²) >= 11 is 1.06. The SMILES string of the molecule is Cc1c(CN2CCC(Nc3ncnc4sc(CC(F)(F)F)cc34)CC2)ccc2c1cc(C#N)n2CC(C)N1C2CCC1CN(S(C)(=O)=O)C2. The molecule has 0 saturated carbocycles. The molecule has 0 amide bonds. The zero-order valence-corrected chi connectivity index (χ0v) is 29.5. The minimum atomic E-state index is -4.27. The van der Waals surface area contributed by atoms with Gasteiger partial charge in [0, 0.05) is 79.2 Å². The van der Waals surface area contributed by atoms with Crippen molar-refractivity contribution in [3.05, 3.63) is 52.3 Å². The predicted octanol–water partition coefficient (Wildman–Crippen LogP) is 5.50. The Morgan fingerprint density at radius 1 is 1.08 bits per heavy atom. The Labute approximate surface area is 288 Å². The average Bonchev–Trinajstić information content (AvgIpc) is 3.69. The van der Waals surface area contributed by atoms with E-state index in [1.54, 1.807) is 10.4 Å². The van der Waals surface area contributed by atoms with Crippen LogP contribution < -0.4 is 5.32 Å². The molecule has 2 bridgehead atoms. The van der Waals surface area contributed by atoms with Crippen LogP contribution in [0, 0.1) is 18.3 Å². The first-order valence-electron chi connectivity index (χ1n) is 16.8. The van der Waals surface area contributed by atoms with E-state index in [1.165, 1.54) is 18.1 Å². The van der Waals surface area contributed by atoms with Gasteiger partial charge in [-0.25, -0.2) is 18.4 Å². The van der Waals surface area contributed by atoms with Crippen LogP contribution in [0.4, 0.5) is 19.0 Å². The molecular formula is C34H41F3N8O2S2. The van der Waals surface area contributed by atoms with Crippen molar-refractivity contribution in [1.29, 1.82) is 5.26 Å². The molecule has 3 unspecified atom stereocenters. The number of thiophene rings is 1. The summed E-state index contributed by atoms with van der Waals surface area (Å²) in [4.78, 5) is 14.2. The van der Waals surface area contributed by atoms with Crippen LogP contribution in [0.3, 0.4) is 0 Å². The molecule has 10 nitrogen and oxygen atoms in total. The summed E-state index contributed by atoms with van der Waals surface area (Å²) in [6.07, 6.45) is 1.19. The van der Waals surface area contributed by atoms with Crippen molar-refractivity contribution in [2.24, 2.45) is 0 Å². The number of fused-ring (bicyclic) bond motifs is 4. The Balaban J connectivity index is 1.00. The molecule has 0 aliphatic carbocycles. The summed E-state index contributed by atoms with van der Waals surface area (Å²) in [6, 6.07) is 11.0. The maximum atomic E-state index is 13.0. The van der Waals surface area contributed by atoms with Gasteiger partial charge in [0.25, 0.3) is 0 Å². The maximum Gasteiger partial charge on any atom is 0.393 e. The Morgan fingerprint density at radius 3 is 2.45 bits per heavy atom. The molecule has 4 aromatic rings. The van der Waals surface area contributed by atoms with Crippen LogP contribution in [0.5, 0.6) is 0 Å². The Kier molecular flexibility index (Phi) is 9.15. The molecule has 0 spiro atoms. The highest BCUT2D eigenvalue weighted by molar-refractivity contribution is 7.88. The number of piperidine rings is 1. The number of sulfonamides is 1. The molecule has 262 valence electrons. The first kappa shape index (κ1) is 34.2. The zero-order chi connectivity index (χ0) is 34.7. The van der Waals surface area contributed by atoms with Gasteiger partial charge >= 0.3 is 6.18 Å². The van der Waals surface area contributed by atoms with E-state index in [0.29, 0.717) is 41.4 Å². The Hall–Kier alpha value is -3.29. The van der Waals surface area contributed by atoms with Gasteiger partial charge in [-0.3, -0.25) is 9.80 Å². The van der Waals surface area contributed by atoms with Gasteiger partial charge in [0.05, 0.1) is 18.1 Å². The number of piperazine rings is 1. The van der Waals surface area contributed by atoms with Crippen LogP contribution >= 0.6 is 11.3 Å². The Morgan fingerprint density at radius 2 is 1.80 bits per heavy atom. The summed E-state index contributed by atoms with van der Waals surface area (Å²) in [5, 5.41) is 15.3. The van der Waals surface area contributed by atoms with E-state index in [0.717, 1.165) is 73.1 Å². The van der Waals surface area contributed by atoms with Gasteiger partial charge in [0.15, 0.2) is 0 Å². The molecule has 1 N–H and O–H groups in total. The molecule has 3 aromatic heterocycles. The number of hydrogen-bond acceptors (Lipinski definition) is 9. The molecule has 3 fully saturated rings. The number of nitrogens with zero attached hydrogens (tertiary/aromatic N) is 7. The summed E-state index contributed by atoms with van der Waals surface area (Å²) in [5.41, 5.74) is 4.05. The number of rotatable bonds is 9. The Bertz CT molecular complexity index is 2000. The second kappa shape index (κ2) is 13.1. The van der Waals surface area contributed by atoms with Gasteiger partial charge in [-0.05, 0) is 68.9 Å². The zero-order valence-electron chi connectivity index (χ0n) is 27.9. The quantitative estimate of drug-likeness (QED) is 0.242. The standard InChI is InChI=1S/C34H41F3N8O2S2/c1-21(45-25-5-6-26(45)19-43(18-25)49(3,46)47)16-44-27(15-38)12-29-22(2)23(4-7-31(29)44)17-42-10-8-24(9-11-42)41-32-30-13-28(14-34(35,36)37)48-33(30)40-20-39-32/h4,7,12-13,20-21,24-26H,5-6,8-11,14,16-19H2,1-3H3,(H,39,40,41). The largest absolute Gasteiger partial charge is 0.393 e. The van der Waals surface area contributed by atoms with Gasteiger partial charge in [0.2, 0.25) is 10.0 Å². The molecule has 3 aliphatic heterocycles.